The summed E-state index contributed by atoms with van der Waals surface area (Å²) in [4.78, 5) is 26.2. The Hall–Kier alpha value is -2.99. The fraction of sp³-hybridized carbons (Fsp3) is 0.200. The number of imide groups is 1. The smallest absolute Gasteiger partial charge is 0.269 e. The molecule has 0 aromatic heterocycles. The number of anilines is 1. The highest BCUT2D eigenvalue weighted by Crippen LogP contribution is 2.43. The molecule has 6 nitrogen and oxygen atoms in total. The lowest BCUT2D eigenvalue weighted by Gasteiger charge is -2.14. The number of carbonyl (C=O) groups is 2. The molecule has 0 saturated carbocycles. The molecule has 2 aromatic rings. The Kier molecular flexibility index (Phi) is 5.10. The van der Waals surface area contributed by atoms with E-state index >= 15 is 0 Å². The van der Waals surface area contributed by atoms with Crippen molar-refractivity contribution in [3.05, 3.63) is 52.5 Å². The van der Waals surface area contributed by atoms with Crippen LogP contribution in [0.1, 0.15) is 18.1 Å². The fourth-order valence-electron chi connectivity index (χ4n) is 3.11. The average Bonchev–Trinajstić information content (AvgIpc) is 2.93. The Morgan fingerprint density at radius 2 is 1.70 bits per heavy atom. The van der Waals surface area contributed by atoms with Crippen molar-refractivity contribution >= 4 is 40.4 Å². The van der Waals surface area contributed by atoms with Gasteiger partial charge in [0, 0.05) is 23.1 Å². The zero-order chi connectivity index (χ0) is 19.7. The molecule has 1 aliphatic rings. The van der Waals surface area contributed by atoms with Crippen LogP contribution >= 0.6 is 11.6 Å². The maximum atomic E-state index is 13.0. The van der Waals surface area contributed by atoms with Crippen molar-refractivity contribution in [1.29, 1.82) is 0 Å². The molecule has 140 valence electrons. The van der Waals surface area contributed by atoms with Crippen LogP contribution < -0.4 is 14.4 Å². The van der Waals surface area contributed by atoms with Gasteiger partial charge in [0.25, 0.3) is 5.91 Å². The molecule has 3 rings (SSSR count). The van der Waals surface area contributed by atoms with Gasteiger partial charge in [0.1, 0.15) is 5.76 Å². The average molecular weight is 388 g/mol. The number of halogens is 1. The van der Waals surface area contributed by atoms with E-state index in [1.807, 2.05) is 0 Å². The number of hydrogen-bond donors (Lipinski definition) is 0. The van der Waals surface area contributed by atoms with E-state index in [0.29, 0.717) is 39.1 Å². The number of fused-ring (bicyclic) bond motifs is 1. The summed E-state index contributed by atoms with van der Waals surface area (Å²) in [6, 6.07) is 10.1. The number of rotatable bonds is 4. The summed E-state index contributed by atoms with van der Waals surface area (Å²) in [6.45, 7) is 1.33. The summed E-state index contributed by atoms with van der Waals surface area (Å²) in [5.41, 5.74) is 1.91. The van der Waals surface area contributed by atoms with E-state index < -0.39 is 11.8 Å². The molecule has 1 aliphatic heterocycles. The highest BCUT2D eigenvalue weighted by Gasteiger charge is 2.38. The predicted molar refractivity (Wildman–Crippen MR) is 103 cm³/mol. The van der Waals surface area contributed by atoms with Crippen molar-refractivity contribution in [3.63, 3.8) is 0 Å². The third-order valence-electron chi connectivity index (χ3n) is 4.28. The zero-order valence-electron chi connectivity index (χ0n) is 15.3. The molecule has 0 fully saturated rings. The Bertz CT molecular complexity index is 967. The van der Waals surface area contributed by atoms with Crippen LogP contribution in [0.2, 0.25) is 5.02 Å². The minimum Gasteiger partial charge on any atom is -0.495 e. The molecule has 2 amide bonds. The first-order valence-corrected chi connectivity index (χ1v) is 8.46. The third-order valence-corrected chi connectivity index (χ3v) is 4.51. The molecule has 2 aromatic carbocycles. The summed E-state index contributed by atoms with van der Waals surface area (Å²) >= 11 is 6.07. The SMILES string of the molecule is COC(=C1C(=O)N(C(C)=O)c2cc(Cl)ccc21)c1ccc(OC)c(OC)c1. The van der Waals surface area contributed by atoms with Crippen LogP contribution in [0.3, 0.4) is 0 Å². The van der Waals surface area contributed by atoms with Crippen molar-refractivity contribution < 1.29 is 23.8 Å². The Balaban J connectivity index is 2.27. The van der Waals surface area contributed by atoms with Gasteiger partial charge in [-0.3, -0.25) is 9.59 Å². The predicted octanol–water partition coefficient (Wildman–Crippen LogP) is 3.77. The Morgan fingerprint density at radius 1 is 1.00 bits per heavy atom. The molecule has 27 heavy (non-hydrogen) atoms. The zero-order valence-corrected chi connectivity index (χ0v) is 16.1. The number of methoxy groups -OCH3 is 3. The monoisotopic (exact) mass is 387 g/mol. The summed E-state index contributed by atoms with van der Waals surface area (Å²) in [5.74, 6) is 0.508. The van der Waals surface area contributed by atoms with E-state index in [4.69, 9.17) is 25.8 Å². The summed E-state index contributed by atoms with van der Waals surface area (Å²) in [5, 5.41) is 0.430. The maximum Gasteiger partial charge on any atom is 0.269 e. The molecule has 1 heterocycles. The van der Waals surface area contributed by atoms with Crippen LogP contribution in [0, 0.1) is 0 Å². The van der Waals surface area contributed by atoms with Crippen LogP contribution in [0.4, 0.5) is 5.69 Å². The molecule has 0 saturated heterocycles. The molecule has 0 atom stereocenters. The largest absolute Gasteiger partial charge is 0.495 e. The molecule has 0 aliphatic carbocycles. The number of nitrogens with zero attached hydrogens (tertiary/aromatic N) is 1. The first-order valence-electron chi connectivity index (χ1n) is 8.08. The third kappa shape index (κ3) is 3.13. The molecule has 0 unspecified atom stereocenters. The van der Waals surface area contributed by atoms with Crippen molar-refractivity contribution in [1.82, 2.24) is 0 Å². The van der Waals surface area contributed by atoms with Gasteiger partial charge >= 0.3 is 0 Å². The van der Waals surface area contributed by atoms with E-state index in [0.717, 1.165) is 4.90 Å². The first kappa shape index (κ1) is 18.8. The van der Waals surface area contributed by atoms with Crippen molar-refractivity contribution in [2.24, 2.45) is 0 Å². The number of hydrogen-bond acceptors (Lipinski definition) is 5. The van der Waals surface area contributed by atoms with Gasteiger partial charge in [-0.15, -0.1) is 0 Å². The van der Waals surface area contributed by atoms with E-state index in [2.05, 4.69) is 0 Å². The van der Waals surface area contributed by atoms with E-state index in [9.17, 15) is 9.59 Å². The van der Waals surface area contributed by atoms with Crippen LogP contribution in [0.5, 0.6) is 11.5 Å². The number of amides is 2. The minimum atomic E-state index is -0.466. The number of ether oxygens (including phenoxy) is 3. The molecular weight excluding hydrogens is 370 g/mol. The second-order valence-corrected chi connectivity index (χ2v) is 6.24. The lowest BCUT2D eigenvalue weighted by atomic mass is 10.0. The highest BCUT2D eigenvalue weighted by atomic mass is 35.5. The summed E-state index contributed by atoms with van der Waals surface area (Å²) in [7, 11) is 4.54. The number of benzene rings is 2. The standard InChI is InChI=1S/C20H18ClNO5/c1-11(23)22-15-10-13(21)6-7-14(15)18(20(22)24)19(27-4)12-5-8-16(25-2)17(9-12)26-3/h5-10H,1-4H3. The summed E-state index contributed by atoms with van der Waals surface area (Å²) < 4.78 is 16.2. The molecular formula is C20H18ClNO5. The fourth-order valence-corrected chi connectivity index (χ4v) is 3.28. The Labute approximate surface area is 161 Å². The van der Waals surface area contributed by atoms with Gasteiger partial charge in [-0.05, 0) is 30.3 Å². The van der Waals surface area contributed by atoms with Crippen LogP contribution in [-0.4, -0.2) is 33.1 Å². The quantitative estimate of drug-likeness (QED) is 0.590. The van der Waals surface area contributed by atoms with Crippen LogP contribution in [-0.2, 0) is 14.3 Å². The normalized spacial score (nSPS) is 14.7. The summed E-state index contributed by atoms with van der Waals surface area (Å²) in [6.07, 6.45) is 0. The van der Waals surface area contributed by atoms with E-state index in [-0.39, 0.29) is 5.57 Å². The van der Waals surface area contributed by atoms with Gasteiger partial charge in [0.2, 0.25) is 5.91 Å². The maximum absolute atomic E-state index is 13.0. The van der Waals surface area contributed by atoms with E-state index in [1.165, 1.54) is 21.1 Å². The van der Waals surface area contributed by atoms with Crippen molar-refractivity contribution in [3.8, 4) is 11.5 Å². The van der Waals surface area contributed by atoms with Gasteiger partial charge in [-0.25, -0.2) is 4.90 Å². The molecule has 0 radical (unpaired) electrons. The molecule has 7 heteroatoms. The molecule has 0 bridgehead atoms. The topological polar surface area (TPSA) is 65.1 Å². The second kappa shape index (κ2) is 7.32. The van der Waals surface area contributed by atoms with Gasteiger partial charge in [0.15, 0.2) is 11.5 Å². The van der Waals surface area contributed by atoms with Crippen LogP contribution in [0.15, 0.2) is 36.4 Å². The van der Waals surface area contributed by atoms with Gasteiger partial charge in [0.05, 0.1) is 32.6 Å². The van der Waals surface area contributed by atoms with E-state index in [1.54, 1.807) is 43.5 Å². The minimum absolute atomic E-state index is 0.284. The van der Waals surface area contributed by atoms with Crippen molar-refractivity contribution in [2.45, 2.75) is 6.92 Å². The van der Waals surface area contributed by atoms with Crippen LogP contribution in [0.25, 0.3) is 11.3 Å². The molecule has 0 spiro atoms. The Morgan fingerprint density at radius 3 is 2.30 bits per heavy atom. The number of carbonyl (C=O) groups excluding carboxylic acids is 2. The lowest BCUT2D eigenvalue weighted by Crippen LogP contribution is -2.31. The van der Waals surface area contributed by atoms with Gasteiger partial charge < -0.3 is 14.2 Å². The highest BCUT2D eigenvalue weighted by molar-refractivity contribution is 6.43. The first-order chi connectivity index (χ1) is 12.9. The molecule has 0 N–H and O–H groups in total. The lowest BCUT2D eigenvalue weighted by molar-refractivity contribution is -0.122. The van der Waals surface area contributed by atoms with Gasteiger partial charge in [-0.2, -0.15) is 0 Å². The van der Waals surface area contributed by atoms with Gasteiger partial charge in [-0.1, -0.05) is 17.7 Å². The van der Waals surface area contributed by atoms with Crippen molar-refractivity contribution in [2.75, 3.05) is 26.2 Å². The second-order valence-electron chi connectivity index (χ2n) is 5.80.